The number of hydrogen-bond donors (Lipinski definition) is 0. The van der Waals surface area contributed by atoms with E-state index in [0.717, 1.165) is 16.6 Å². The van der Waals surface area contributed by atoms with Crippen LogP contribution in [0.4, 0.5) is 0 Å². The highest BCUT2D eigenvalue weighted by atomic mass is 16.5. The fourth-order valence-electron chi connectivity index (χ4n) is 2.07. The Morgan fingerprint density at radius 2 is 2.05 bits per heavy atom. The lowest BCUT2D eigenvalue weighted by Crippen LogP contribution is -2.36. The average molecular weight is 257 g/mol. The Balaban J connectivity index is 2.46. The lowest BCUT2D eigenvalue weighted by molar-refractivity contribution is 0.0106. The summed E-state index contributed by atoms with van der Waals surface area (Å²) in [7, 11) is 1.58. The van der Waals surface area contributed by atoms with Crippen LogP contribution in [0, 0.1) is 6.92 Å². The fourth-order valence-corrected chi connectivity index (χ4v) is 2.07. The van der Waals surface area contributed by atoms with E-state index in [9.17, 15) is 4.79 Å². The van der Waals surface area contributed by atoms with Crippen molar-refractivity contribution < 1.29 is 9.53 Å². The van der Waals surface area contributed by atoms with E-state index in [4.69, 9.17) is 4.74 Å². The predicted octanol–water partition coefficient (Wildman–Crippen LogP) is 3.54. The molecule has 0 N–H and O–H groups in total. The van der Waals surface area contributed by atoms with E-state index in [-0.39, 0.29) is 5.78 Å². The molecule has 0 bridgehead atoms. The number of fused-ring (bicyclic) bond motifs is 1. The summed E-state index contributed by atoms with van der Waals surface area (Å²) in [6.07, 6.45) is 0.645. The highest BCUT2D eigenvalue weighted by Crippen LogP contribution is 2.23. The van der Waals surface area contributed by atoms with Gasteiger partial charge < -0.3 is 4.74 Å². The van der Waals surface area contributed by atoms with E-state index in [1.165, 1.54) is 0 Å². The van der Waals surface area contributed by atoms with Crippen LogP contribution in [0.25, 0.3) is 10.9 Å². The van der Waals surface area contributed by atoms with E-state index in [0.29, 0.717) is 12.0 Å². The predicted molar refractivity (Wildman–Crippen MR) is 76.5 cm³/mol. The number of nitrogens with zero attached hydrogens (tertiary/aromatic N) is 1. The first-order valence-corrected chi connectivity index (χ1v) is 6.47. The van der Waals surface area contributed by atoms with Crippen LogP contribution in [0.5, 0.6) is 0 Å². The van der Waals surface area contributed by atoms with Gasteiger partial charge in [0.15, 0.2) is 5.78 Å². The molecule has 1 unspecified atom stereocenters. The van der Waals surface area contributed by atoms with Crippen LogP contribution >= 0.6 is 0 Å². The first kappa shape index (κ1) is 13.7. The van der Waals surface area contributed by atoms with Crippen LogP contribution in [0.3, 0.4) is 0 Å². The van der Waals surface area contributed by atoms with E-state index in [2.05, 4.69) is 4.98 Å². The third kappa shape index (κ3) is 2.51. The van der Waals surface area contributed by atoms with Crippen molar-refractivity contribution in [2.24, 2.45) is 0 Å². The lowest BCUT2D eigenvalue weighted by Gasteiger charge is -2.25. The number of rotatable bonds is 4. The smallest absolute Gasteiger partial charge is 0.194 e. The maximum absolute atomic E-state index is 12.5. The zero-order valence-electron chi connectivity index (χ0n) is 11.9. The molecule has 0 amide bonds. The Bertz CT molecular complexity index is 615. The largest absolute Gasteiger partial charge is 0.370 e. The maximum atomic E-state index is 12.5. The summed E-state index contributed by atoms with van der Waals surface area (Å²) in [6.45, 7) is 5.73. The van der Waals surface area contributed by atoms with Crippen LogP contribution in [-0.4, -0.2) is 23.5 Å². The zero-order valence-corrected chi connectivity index (χ0v) is 11.9. The molecular formula is C16H19NO2. The molecule has 3 nitrogen and oxygen atoms in total. The standard InChI is InChI=1S/C16H19NO2/c1-5-16(3,19-4)15(18)13-8-9-14-12(10-13)7-6-11(2)17-14/h6-10H,5H2,1-4H3. The summed E-state index contributed by atoms with van der Waals surface area (Å²) >= 11 is 0. The van der Waals surface area contributed by atoms with Crippen molar-refractivity contribution in [3.8, 4) is 0 Å². The molecule has 100 valence electrons. The van der Waals surface area contributed by atoms with Crippen molar-refractivity contribution in [3.05, 3.63) is 41.6 Å². The molecule has 2 aromatic rings. The minimum atomic E-state index is -0.758. The van der Waals surface area contributed by atoms with E-state index in [1.54, 1.807) is 7.11 Å². The van der Waals surface area contributed by atoms with Crippen molar-refractivity contribution in [1.29, 1.82) is 0 Å². The summed E-state index contributed by atoms with van der Waals surface area (Å²) in [5, 5.41) is 0.978. The van der Waals surface area contributed by atoms with Crippen molar-refractivity contribution in [3.63, 3.8) is 0 Å². The van der Waals surface area contributed by atoms with Crippen molar-refractivity contribution in [2.75, 3.05) is 7.11 Å². The van der Waals surface area contributed by atoms with Gasteiger partial charge in [-0.15, -0.1) is 0 Å². The second-order valence-corrected chi connectivity index (χ2v) is 4.98. The Morgan fingerprint density at radius 3 is 2.68 bits per heavy atom. The third-order valence-corrected chi connectivity index (χ3v) is 3.70. The van der Waals surface area contributed by atoms with Gasteiger partial charge in [0.1, 0.15) is 5.60 Å². The van der Waals surface area contributed by atoms with Gasteiger partial charge in [-0.2, -0.15) is 0 Å². The number of ketones is 1. The Hall–Kier alpha value is -1.74. The van der Waals surface area contributed by atoms with Crippen molar-refractivity contribution in [2.45, 2.75) is 32.8 Å². The Labute approximate surface area is 113 Å². The van der Waals surface area contributed by atoms with Gasteiger partial charge in [-0.05, 0) is 44.5 Å². The van der Waals surface area contributed by atoms with Gasteiger partial charge in [-0.25, -0.2) is 0 Å². The summed E-state index contributed by atoms with van der Waals surface area (Å²) in [5.74, 6) is 0.0139. The molecule has 0 saturated carbocycles. The highest BCUT2D eigenvalue weighted by molar-refractivity contribution is 6.04. The van der Waals surface area contributed by atoms with Gasteiger partial charge in [-0.1, -0.05) is 13.0 Å². The van der Waals surface area contributed by atoms with Gasteiger partial charge in [0.2, 0.25) is 0 Å². The van der Waals surface area contributed by atoms with Crippen LogP contribution < -0.4 is 0 Å². The Morgan fingerprint density at radius 1 is 1.32 bits per heavy atom. The lowest BCUT2D eigenvalue weighted by atomic mass is 9.91. The molecular weight excluding hydrogens is 238 g/mol. The monoisotopic (exact) mass is 257 g/mol. The topological polar surface area (TPSA) is 39.2 Å². The van der Waals surface area contributed by atoms with Gasteiger partial charge in [-0.3, -0.25) is 9.78 Å². The number of carbonyl (C=O) groups is 1. The second kappa shape index (κ2) is 5.10. The minimum absolute atomic E-state index is 0.0139. The summed E-state index contributed by atoms with van der Waals surface area (Å²) < 4.78 is 5.37. The number of carbonyl (C=O) groups excluding carboxylic acids is 1. The van der Waals surface area contributed by atoms with Crippen molar-refractivity contribution >= 4 is 16.7 Å². The molecule has 0 fully saturated rings. The molecule has 2 rings (SSSR count). The van der Waals surface area contributed by atoms with Gasteiger partial charge in [0, 0.05) is 23.8 Å². The average Bonchev–Trinajstić information content (AvgIpc) is 2.45. The first-order chi connectivity index (χ1) is 9.00. The zero-order chi connectivity index (χ0) is 14.0. The molecule has 1 heterocycles. The number of pyridine rings is 1. The van der Waals surface area contributed by atoms with Gasteiger partial charge >= 0.3 is 0 Å². The molecule has 0 aliphatic carbocycles. The maximum Gasteiger partial charge on any atom is 0.194 e. The van der Waals surface area contributed by atoms with Crippen LogP contribution in [0.1, 0.15) is 36.3 Å². The van der Waals surface area contributed by atoms with Crippen LogP contribution in [0.2, 0.25) is 0 Å². The molecule has 19 heavy (non-hydrogen) atoms. The first-order valence-electron chi connectivity index (χ1n) is 6.47. The van der Waals surface area contributed by atoms with Crippen LogP contribution in [-0.2, 0) is 4.74 Å². The Kier molecular flexibility index (Phi) is 3.67. The molecule has 1 atom stereocenters. The fraction of sp³-hybridized carbons (Fsp3) is 0.375. The highest BCUT2D eigenvalue weighted by Gasteiger charge is 2.31. The normalized spacial score (nSPS) is 14.3. The molecule has 0 spiro atoms. The van der Waals surface area contributed by atoms with Crippen molar-refractivity contribution in [1.82, 2.24) is 4.98 Å². The van der Waals surface area contributed by atoms with Gasteiger partial charge in [0.05, 0.1) is 5.52 Å². The molecule has 0 aliphatic heterocycles. The number of methoxy groups -OCH3 is 1. The molecule has 1 aromatic carbocycles. The number of Topliss-reactive ketones (excluding diaryl/α,β-unsaturated/α-hetero) is 1. The number of aromatic nitrogens is 1. The quantitative estimate of drug-likeness (QED) is 0.786. The summed E-state index contributed by atoms with van der Waals surface area (Å²) in [5.41, 5.74) is 1.80. The molecule has 3 heteroatoms. The van der Waals surface area contributed by atoms with E-state index < -0.39 is 5.60 Å². The molecule has 0 radical (unpaired) electrons. The molecule has 1 aromatic heterocycles. The summed E-state index contributed by atoms with van der Waals surface area (Å²) in [6, 6.07) is 9.54. The SMILES string of the molecule is CCC(C)(OC)C(=O)c1ccc2nc(C)ccc2c1. The second-order valence-electron chi connectivity index (χ2n) is 4.98. The number of benzene rings is 1. The summed E-state index contributed by atoms with van der Waals surface area (Å²) in [4.78, 5) is 16.9. The minimum Gasteiger partial charge on any atom is -0.370 e. The molecule has 0 saturated heterocycles. The number of ether oxygens (including phenoxy) is 1. The molecule has 0 aliphatic rings. The third-order valence-electron chi connectivity index (χ3n) is 3.70. The van der Waals surface area contributed by atoms with E-state index >= 15 is 0 Å². The number of aryl methyl sites for hydroxylation is 1. The van der Waals surface area contributed by atoms with Crippen LogP contribution in [0.15, 0.2) is 30.3 Å². The number of hydrogen-bond acceptors (Lipinski definition) is 3. The van der Waals surface area contributed by atoms with E-state index in [1.807, 2.05) is 51.1 Å². The van der Waals surface area contributed by atoms with Gasteiger partial charge in [0.25, 0.3) is 0 Å².